The van der Waals surface area contributed by atoms with Gasteiger partial charge in [0.1, 0.15) is 5.01 Å². The van der Waals surface area contributed by atoms with Gasteiger partial charge in [0, 0.05) is 30.5 Å². The molecule has 6 nitrogen and oxygen atoms in total. The fourth-order valence-electron chi connectivity index (χ4n) is 2.85. The van der Waals surface area contributed by atoms with Gasteiger partial charge in [0.25, 0.3) is 0 Å². The minimum atomic E-state index is 0.448. The number of ether oxygens (including phenoxy) is 2. The summed E-state index contributed by atoms with van der Waals surface area (Å²) in [6.45, 7) is 1.30. The number of hydrogen-bond donors (Lipinski definition) is 2. The van der Waals surface area contributed by atoms with Gasteiger partial charge in [0.15, 0.2) is 17.5 Å². The molecule has 1 heterocycles. The molecular weight excluding hydrogens is 384 g/mol. The zero-order valence-electron chi connectivity index (χ0n) is 16.7. The summed E-state index contributed by atoms with van der Waals surface area (Å²) in [4.78, 5) is 9.07. The summed E-state index contributed by atoms with van der Waals surface area (Å²) in [5.74, 6) is 1.90. The molecule has 0 aliphatic heterocycles. The molecule has 0 radical (unpaired) electrons. The Bertz CT molecular complexity index is 941. The summed E-state index contributed by atoms with van der Waals surface area (Å²) in [5, 5.41) is 6.27. The van der Waals surface area contributed by atoms with Crippen molar-refractivity contribution in [1.29, 1.82) is 0 Å². The minimum Gasteiger partial charge on any atom is -0.493 e. The largest absolute Gasteiger partial charge is 0.493 e. The summed E-state index contributed by atoms with van der Waals surface area (Å²) in [6, 6.07) is 16.1. The lowest BCUT2D eigenvalue weighted by molar-refractivity contribution is 0.354. The summed E-state index contributed by atoms with van der Waals surface area (Å²) in [7, 11) is 3.26. The van der Waals surface area contributed by atoms with Gasteiger partial charge in [-0.2, -0.15) is 0 Å². The molecule has 3 rings (SSSR count). The van der Waals surface area contributed by atoms with Crippen LogP contribution < -0.4 is 20.5 Å². The molecule has 3 N–H and O–H groups in total. The predicted molar refractivity (Wildman–Crippen MR) is 119 cm³/mol. The van der Waals surface area contributed by atoms with Gasteiger partial charge in [-0.1, -0.05) is 36.4 Å². The molecular formula is C22H26N4O2S. The van der Waals surface area contributed by atoms with Crippen LogP contribution in [0.4, 0.5) is 0 Å². The lowest BCUT2D eigenvalue weighted by atomic mass is 10.1. The normalized spacial score (nSPS) is 11.3. The van der Waals surface area contributed by atoms with Crippen LogP contribution in [0, 0.1) is 0 Å². The van der Waals surface area contributed by atoms with E-state index in [4.69, 9.17) is 15.2 Å². The van der Waals surface area contributed by atoms with Crippen molar-refractivity contribution in [2.24, 2.45) is 10.7 Å². The van der Waals surface area contributed by atoms with E-state index in [1.807, 2.05) is 36.4 Å². The van der Waals surface area contributed by atoms with E-state index in [1.54, 1.807) is 25.6 Å². The quantitative estimate of drug-likeness (QED) is 0.417. The van der Waals surface area contributed by atoms with Crippen LogP contribution in [0.3, 0.4) is 0 Å². The van der Waals surface area contributed by atoms with E-state index in [9.17, 15) is 0 Å². The summed E-state index contributed by atoms with van der Waals surface area (Å²) < 4.78 is 10.6. The maximum atomic E-state index is 5.98. The first-order valence-electron chi connectivity index (χ1n) is 9.44. The molecule has 29 heavy (non-hydrogen) atoms. The molecule has 0 aliphatic rings. The third kappa shape index (κ3) is 5.96. The Balaban J connectivity index is 1.43. The van der Waals surface area contributed by atoms with E-state index in [0.717, 1.165) is 46.2 Å². The number of aliphatic imine (C=N–C) groups is 1. The summed E-state index contributed by atoms with van der Waals surface area (Å²) in [5.41, 5.74) is 9.29. The molecule has 0 unspecified atom stereocenters. The first-order valence-corrected chi connectivity index (χ1v) is 10.3. The van der Waals surface area contributed by atoms with Crippen molar-refractivity contribution in [3.05, 3.63) is 65.2 Å². The zero-order chi connectivity index (χ0) is 20.5. The number of thiazole rings is 1. The zero-order valence-corrected chi connectivity index (χ0v) is 17.5. The van der Waals surface area contributed by atoms with E-state index in [2.05, 4.69) is 32.8 Å². The van der Waals surface area contributed by atoms with Crippen LogP contribution in [0.1, 0.15) is 11.3 Å². The Morgan fingerprint density at radius 2 is 1.86 bits per heavy atom. The molecule has 0 aliphatic carbocycles. The Kier molecular flexibility index (Phi) is 7.47. The lowest BCUT2D eigenvalue weighted by Crippen LogP contribution is -2.33. The van der Waals surface area contributed by atoms with Crippen molar-refractivity contribution >= 4 is 17.3 Å². The van der Waals surface area contributed by atoms with Crippen molar-refractivity contribution in [2.75, 3.05) is 27.3 Å². The SMILES string of the molecule is COc1ccc(CCNC(N)=NCCc2csc(-c3ccccc3)n2)cc1OC. The Morgan fingerprint density at radius 1 is 1.07 bits per heavy atom. The first-order chi connectivity index (χ1) is 14.2. The Hall–Kier alpha value is -3.06. The Morgan fingerprint density at radius 3 is 2.62 bits per heavy atom. The number of aromatic nitrogens is 1. The van der Waals surface area contributed by atoms with Crippen molar-refractivity contribution in [3.63, 3.8) is 0 Å². The number of guanidine groups is 1. The van der Waals surface area contributed by atoms with Crippen molar-refractivity contribution < 1.29 is 9.47 Å². The monoisotopic (exact) mass is 410 g/mol. The number of nitrogens with one attached hydrogen (secondary N) is 1. The topological polar surface area (TPSA) is 81.8 Å². The smallest absolute Gasteiger partial charge is 0.188 e. The second-order valence-corrected chi connectivity index (χ2v) is 7.25. The number of methoxy groups -OCH3 is 2. The highest BCUT2D eigenvalue weighted by atomic mass is 32.1. The van der Waals surface area contributed by atoms with Crippen LogP contribution in [-0.2, 0) is 12.8 Å². The molecule has 1 aromatic heterocycles. The minimum absolute atomic E-state index is 0.448. The third-order valence-corrected chi connectivity index (χ3v) is 5.33. The summed E-state index contributed by atoms with van der Waals surface area (Å²) >= 11 is 1.65. The molecule has 0 fully saturated rings. The van der Waals surface area contributed by atoms with Crippen LogP contribution >= 0.6 is 11.3 Å². The molecule has 0 amide bonds. The van der Waals surface area contributed by atoms with Gasteiger partial charge in [0.2, 0.25) is 0 Å². The van der Waals surface area contributed by atoms with Crippen molar-refractivity contribution in [2.45, 2.75) is 12.8 Å². The number of rotatable bonds is 9. The van der Waals surface area contributed by atoms with Crippen LogP contribution in [-0.4, -0.2) is 38.3 Å². The van der Waals surface area contributed by atoms with Crippen LogP contribution in [0.15, 0.2) is 58.9 Å². The molecule has 2 aromatic carbocycles. The highest BCUT2D eigenvalue weighted by Gasteiger charge is 2.05. The first kappa shape index (κ1) is 20.7. The van der Waals surface area contributed by atoms with E-state index < -0.39 is 0 Å². The standard InChI is InChI=1S/C22H26N4O2S/c1-27-19-9-8-16(14-20(19)28-2)10-12-24-22(23)25-13-11-18-15-29-21(26-18)17-6-4-3-5-7-17/h3-9,14-15H,10-13H2,1-2H3,(H3,23,24,25). The fraction of sp³-hybridized carbons (Fsp3) is 0.273. The van der Waals surface area contributed by atoms with Crippen LogP contribution in [0.5, 0.6) is 11.5 Å². The van der Waals surface area contributed by atoms with Gasteiger partial charge in [-0.15, -0.1) is 11.3 Å². The molecule has 0 spiro atoms. The third-order valence-electron chi connectivity index (χ3n) is 4.39. The maximum absolute atomic E-state index is 5.98. The van der Waals surface area contributed by atoms with Gasteiger partial charge >= 0.3 is 0 Å². The maximum Gasteiger partial charge on any atom is 0.188 e. The molecule has 0 saturated carbocycles. The fourth-order valence-corrected chi connectivity index (χ4v) is 3.71. The van der Waals surface area contributed by atoms with E-state index in [0.29, 0.717) is 19.0 Å². The van der Waals surface area contributed by atoms with E-state index in [-0.39, 0.29) is 0 Å². The van der Waals surface area contributed by atoms with Crippen LogP contribution in [0.2, 0.25) is 0 Å². The second-order valence-electron chi connectivity index (χ2n) is 6.39. The number of nitrogens with two attached hydrogens (primary N) is 1. The van der Waals surface area contributed by atoms with E-state index in [1.165, 1.54) is 0 Å². The Labute approximate surface area is 175 Å². The van der Waals surface area contributed by atoms with Gasteiger partial charge in [-0.25, -0.2) is 4.98 Å². The lowest BCUT2D eigenvalue weighted by Gasteiger charge is -2.10. The average Bonchev–Trinajstić information content (AvgIpc) is 3.23. The predicted octanol–water partition coefficient (Wildman–Crippen LogP) is 3.52. The van der Waals surface area contributed by atoms with E-state index >= 15 is 0 Å². The van der Waals surface area contributed by atoms with Crippen LogP contribution in [0.25, 0.3) is 10.6 Å². The van der Waals surface area contributed by atoms with Gasteiger partial charge in [-0.05, 0) is 24.1 Å². The highest BCUT2D eigenvalue weighted by molar-refractivity contribution is 7.13. The number of benzene rings is 2. The average molecular weight is 411 g/mol. The summed E-state index contributed by atoms with van der Waals surface area (Å²) in [6.07, 6.45) is 1.57. The second kappa shape index (κ2) is 10.5. The van der Waals surface area contributed by atoms with Gasteiger partial charge in [-0.3, -0.25) is 4.99 Å². The molecule has 0 atom stereocenters. The molecule has 0 saturated heterocycles. The van der Waals surface area contributed by atoms with Crippen molar-refractivity contribution in [3.8, 4) is 22.1 Å². The van der Waals surface area contributed by atoms with Crippen molar-refractivity contribution in [1.82, 2.24) is 10.3 Å². The van der Waals surface area contributed by atoms with Gasteiger partial charge in [0.05, 0.1) is 19.9 Å². The molecule has 0 bridgehead atoms. The highest BCUT2D eigenvalue weighted by Crippen LogP contribution is 2.27. The molecule has 7 heteroatoms. The number of hydrogen-bond acceptors (Lipinski definition) is 5. The van der Waals surface area contributed by atoms with Gasteiger partial charge < -0.3 is 20.5 Å². The molecule has 152 valence electrons. The molecule has 3 aromatic rings. The number of nitrogens with zero attached hydrogens (tertiary/aromatic N) is 2.